The molecule has 6 nitrogen and oxygen atoms in total. The summed E-state index contributed by atoms with van der Waals surface area (Å²) < 4.78 is 1.64. The molecule has 0 amide bonds. The number of benzene rings is 2. The van der Waals surface area contributed by atoms with E-state index in [4.69, 9.17) is 0 Å². The molecule has 3 rings (SSSR count). The Labute approximate surface area is 188 Å². The number of Topliss-reactive ketones (excluding diaryl/α,β-unsaturated/α-hetero) is 1. The van der Waals surface area contributed by atoms with Gasteiger partial charge in [0, 0.05) is 16.7 Å². The molecule has 31 heavy (non-hydrogen) atoms. The molecule has 0 atom stereocenters. The lowest BCUT2D eigenvalue weighted by atomic mass is 9.78. The second-order valence-corrected chi connectivity index (χ2v) is 10.8. The first kappa shape index (κ1) is 23.0. The Hall–Kier alpha value is -2.67. The highest BCUT2D eigenvalue weighted by molar-refractivity contribution is 7.99. The zero-order chi connectivity index (χ0) is 23.0. The number of thioether (sulfide) groups is 1. The van der Waals surface area contributed by atoms with E-state index < -0.39 is 0 Å². The van der Waals surface area contributed by atoms with Gasteiger partial charge < -0.3 is 5.11 Å². The van der Waals surface area contributed by atoms with E-state index in [-0.39, 0.29) is 28.1 Å². The number of aromatic hydroxyl groups is 1. The summed E-state index contributed by atoms with van der Waals surface area (Å²) >= 11 is 1.30. The molecule has 0 unspecified atom stereocenters. The summed E-state index contributed by atoms with van der Waals surface area (Å²) in [6.45, 7) is 14.2. The third kappa shape index (κ3) is 5.15. The highest BCUT2D eigenvalue weighted by Crippen LogP contribution is 2.40. The lowest BCUT2D eigenvalue weighted by Crippen LogP contribution is -2.19. The lowest BCUT2D eigenvalue weighted by molar-refractivity contribution is 0.102. The van der Waals surface area contributed by atoms with Gasteiger partial charge in [-0.15, -0.1) is 5.10 Å². The van der Waals surface area contributed by atoms with E-state index in [1.54, 1.807) is 4.68 Å². The van der Waals surface area contributed by atoms with E-state index in [2.05, 4.69) is 15.5 Å². The van der Waals surface area contributed by atoms with Crippen molar-refractivity contribution in [3.8, 4) is 11.4 Å². The van der Waals surface area contributed by atoms with Gasteiger partial charge in [-0.05, 0) is 58.0 Å². The molecular formula is C24H30N4O2S. The highest BCUT2D eigenvalue weighted by Gasteiger charge is 2.28. The molecule has 3 aromatic rings. The van der Waals surface area contributed by atoms with Gasteiger partial charge in [0.2, 0.25) is 5.16 Å². The Bertz CT molecular complexity index is 1070. The second-order valence-electron chi connectivity index (χ2n) is 9.84. The minimum absolute atomic E-state index is 0.0280. The SMILES string of the molecule is Cc1cccc(-n2nnnc2SCC(=O)c2cc(C(C)(C)C)c(O)c(C(C)(C)C)c2)c1. The van der Waals surface area contributed by atoms with Crippen molar-refractivity contribution in [3.05, 3.63) is 58.7 Å². The van der Waals surface area contributed by atoms with Crippen LogP contribution >= 0.6 is 11.8 Å². The average Bonchev–Trinajstić information content (AvgIpc) is 3.13. The number of phenols is 1. The Balaban J connectivity index is 1.89. The third-order valence-corrected chi connectivity index (χ3v) is 5.99. The van der Waals surface area contributed by atoms with E-state index in [1.807, 2.05) is 84.9 Å². The molecule has 1 heterocycles. The molecule has 7 heteroatoms. The fraction of sp³-hybridized carbons (Fsp3) is 0.417. The topological polar surface area (TPSA) is 80.9 Å². The molecule has 164 valence electrons. The largest absolute Gasteiger partial charge is 0.507 e. The van der Waals surface area contributed by atoms with Crippen LogP contribution in [0.2, 0.25) is 0 Å². The molecule has 0 saturated heterocycles. The summed E-state index contributed by atoms with van der Waals surface area (Å²) in [4.78, 5) is 13.1. The van der Waals surface area contributed by atoms with Crippen molar-refractivity contribution in [1.82, 2.24) is 20.2 Å². The van der Waals surface area contributed by atoms with Gasteiger partial charge in [-0.25, -0.2) is 0 Å². The standard InChI is InChI=1S/C24H30N4O2S/c1-15-9-8-10-17(11-15)28-22(25-26-27-28)31-14-20(29)16-12-18(23(2,3)4)21(30)19(13-16)24(5,6)7/h8-13,30H,14H2,1-7H3. The zero-order valence-corrected chi connectivity index (χ0v) is 20.0. The van der Waals surface area contributed by atoms with Gasteiger partial charge in [0.05, 0.1) is 11.4 Å². The first-order chi connectivity index (χ1) is 14.4. The van der Waals surface area contributed by atoms with Crippen LogP contribution in [0.5, 0.6) is 5.75 Å². The molecule has 0 aliphatic heterocycles. The van der Waals surface area contributed by atoms with Crippen molar-refractivity contribution in [1.29, 1.82) is 0 Å². The van der Waals surface area contributed by atoms with Crippen molar-refractivity contribution in [2.45, 2.75) is 64.5 Å². The summed E-state index contributed by atoms with van der Waals surface area (Å²) in [7, 11) is 0. The van der Waals surface area contributed by atoms with Crippen LogP contribution in [-0.4, -0.2) is 36.8 Å². The second kappa shape index (κ2) is 8.46. The number of tetrazole rings is 1. The average molecular weight is 439 g/mol. The van der Waals surface area contributed by atoms with Crippen LogP contribution in [0.25, 0.3) is 5.69 Å². The number of carbonyl (C=O) groups excluding carboxylic acids is 1. The number of nitrogens with zero attached hydrogens (tertiary/aromatic N) is 4. The lowest BCUT2D eigenvalue weighted by Gasteiger charge is -2.28. The molecule has 0 spiro atoms. The van der Waals surface area contributed by atoms with Crippen molar-refractivity contribution in [3.63, 3.8) is 0 Å². The number of ketones is 1. The van der Waals surface area contributed by atoms with Crippen LogP contribution in [0.4, 0.5) is 0 Å². The molecule has 1 aromatic heterocycles. The van der Waals surface area contributed by atoms with Crippen LogP contribution in [0, 0.1) is 6.92 Å². The van der Waals surface area contributed by atoms with Crippen LogP contribution in [0.1, 0.15) is 68.6 Å². The molecule has 0 aliphatic rings. The van der Waals surface area contributed by atoms with Crippen molar-refractivity contribution in [2.75, 3.05) is 5.75 Å². The predicted octanol–water partition coefficient (Wildman–Crippen LogP) is 5.25. The summed E-state index contributed by atoms with van der Waals surface area (Å²) in [5.74, 6) is 0.441. The fourth-order valence-corrected chi connectivity index (χ4v) is 4.13. The van der Waals surface area contributed by atoms with E-state index in [0.29, 0.717) is 10.7 Å². The van der Waals surface area contributed by atoms with Gasteiger partial charge >= 0.3 is 0 Å². The minimum Gasteiger partial charge on any atom is -0.507 e. The first-order valence-corrected chi connectivity index (χ1v) is 11.3. The normalized spacial score (nSPS) is 12.2. The number of aryl methyl sites for hydroxylation is 1. The van der Waals surface area contributed by atoms with E-state index in [0.717, 1.165) is 22.4 Å². The Morgan fingerprint density at radius 2 is 1.65 bits per heavy atom. The maximum Gasteiger partial charge on any atom is 0.214 e. The summed E-state index contributed by atoms with van der Waals surface area (Å²) in [6.07, 6.45) is 0. The summed E-state index contributed by atoms with van der Waals surface area (Å²) in [5, 5.41) is 23.4. The van der Waals surface area contributed by atoms with Gasteiger partial charge in [0.25, 0.3) is 0 Å². The van der Waals surface area contributed by atoms with Crippen molar-refractivity contribution in [2.24, 2.45) is 0 Å². The monoisotopic (exact) mass is 438 g/mol. The zero-order valence-electron chi connectivity index (χ0n) is 19.2. The highest BCUT2D eigenvalue weighted by atomic mass is 32.2. The number of aromatic nitrogens is 4. The number of hydrogen-bond donors (Lipinski definition) is 1. The fourth-order valence-electron chi connectivity index (χ4n) is 3.34. The van der Waals surface area contributed by atoms with Gasteiger partial charge in [0.1, 0.15) is 5.75 Å². The molecule has 0 saturated carbocycles. The number of rotatable bonds is 5. The van der Waals surface area contributed by atoms with Gasteiger partial charge in [-0.1, -0.05) is 65.4 Å². The smallest absolute Gasteiger partial charge is 0.214 e. The van der Waals surface area contributed by atoms with E-state index in [1.165, 1.54) is 11.8 Å². The Kier molecular flexibility index (Phi) is 6.28. The molecule has 0 bridgehead atoms. The van der Waals surface area contributed by atoms with Crippen LogP contribution in [0.15, 0.2) is 41.6 Å². The maximum absolute atomic E-state index is 13.1. The van der Waals surface area contributed by atoms with Crippen LogP contribution < -0.4 is 0 Å². The first-order valence-electron chi connectivity index (χ1n) is 10.3. The third-order valence-electron chi connectivity index (χ3n) is 5.07. The van der Waals surface area contributed by atoms with E-state index in [9.17, 15) is 9.90 Å². The van der Waals surface area contributed by atoms with Crippen molar-refractivity contribution >= 4 is 17.5 Å². The molecule has 2 aromatic carbocycles. The van der Waals surface area contributed by atoms with Gasteiger partial charge in [0.15, 0.2) is 5.78 Å². The van der Waals surface area contributed by atoms with Gasteiger partial charge in [-0.2, -0.15) is 4.68 Å². The maximum atomic E-state index is 13.1. The van der Waals surface area contributed by atoms with Crippen LogP contribution in [0.3, 0.4) is 0 Å². The number of hydrogen-bond acceptors (Lipinski definition) is 6. The molecular weight excluding hydrogens is 408 g/mol. The molecule has 0 fully saturated rings. The minimum atomic E-state index is -0.289. The summed E-state index contributed by atoms with van der Waals surface area (Å²) in [5.41, 5.74) is 3.53. The molecule has 1 N–H and O–H groups in total. The summed E-state index contributed by atoms with van der Waals surface area (Å²) in [6, 6.07) is 11.5. The van der Waals surface area contributed by atoms with Crippen LogP contribution in [-0.2, 0) is 10.8 Å². The molecule has 0 aliphatic carbocycles. The quantitative estimate of drug-likeness (QED) is 0.433. The molecule has 0 radical (unpaired) electrons. The predicted molar refractivity (Wildman–Crippen MR) is 124 cm³/mol. The number of carbonyl (C=O) groups is 1. The Morgan fingerprint density at radius 1 is 1.03 bits per heavy atom. The van der Waals surface area contributed by atoms with Crippen molar-refractivity contribution < 1.29 is 9.90 Å². The van der Waals surface area contributed by atoms with E-state index >= 15 is 0 Å². The van der Waals surface area contributed by atoms with Gasteiger partial charge in [-0.3, -0.25) is 4.79 Å². The number of phenolic OH excluding ortho intramolecular Hbond substituents is 1. The Morgan fingerprint density at radius 3 is 2.19 bits per heavy atom.